The molecular formula is C26H33N3O4. The monoisotopic (exact) mass is 451 g/mol. The van der Waals surface area contributed by atoms with E-state index in [1.54, 1.807) is 24.3 Å². The molecule has 0 aliphatic carbocycles. The van der Waals surface area contributed by atoms with Gasteiger partial charge in [-0.1, -0.05) is 36.4 Å². The summed E-state index contributed by atoms with van der Waals surface area (Å²) in [5.41, 5.74) is 2.01. The minimum atomic E-state index is -0.970. The van der Waals surface area contributed by atoms with Crippen molar-refractivity contribution in [2.75, 3.05) is 32.7 Å². The van der Waals surface area contributed by atoms with Crippen molar-refractivity contribution >= 4 is 17.8 Å². The molecule has 2 aromatic carbocycles. The molecular weight excluding hydrogens is 418 g/mol. The average molecular weight is 452 g/mol. The predicted octanol–water partition coefficient (Wildman–Crippen LogP) is 2.97. The van der Waals surface area contributed by atoms with Crippen LogP contribution in [0.4, 0.5) is 0 Å². The summed E-state index contributed by atoms with van der Waals surface area (Å²) in [6.07, 6.45) is 3.86. The smallest absolute Gasteiger partial charge is 0.305 e. The molecule has 1 saturated heterocycles. The summed E-state index contributed by atoms with van der Waals surface area (Å²) in [7, 11) is 0. The summed E-state index contributed by atoms with van der Waals surface area (Å²) in [5, 5.41) is 14.7. The summed E-state index contributed by atoms with van der Waals surface area (Å²) in [5.74, 6) is -0.817. The number of carbonyl (C=O) groups is 3. The third kappa shape index (κ3) is 8.02. The quantitative estimate of drug-likeness (QED) is 0.488. The van der Waals surface area contributed by atoms with Crippen LogP contribution in [0.2, 0.25) is 0 Å². The van der Waals surface area contributed by atoms with Crippen LogP contribution in [0, 0.1) is 5.92 Å². The Kier molecular flexibility index (Phi) is 9.44. The first-order chi connectivity index (χ1) is 16.0. The van der Waals surface area contributed by atoms with Crippen molar-refractivity contribution < 1.29 is 19.5 Å². The first-order valence-electron chi connectivity index (χ1n) is 11.7. The van der Waals surface area contributed by atoms with Gasteiger partial charge in [0.25, 0.3) is 11.8 Å². The minimum absolute atomic E-state index is 0.0474. The summed E-state index contributed by atoms with van der Waals surface area (Å²) in [6.45, 7) is 3.41. The molecule has 33 heavy (non-hydrogen) atoms. The minimum Gasteiger partial charge on any atom is -0.481 e. The van der Waals surface area contributed by atoms with Crippen molar-refractivity contribution in [1.82, 2.24) is 15.5 Å². The molecule has 0 radical (unpaired) electrons. The van der Waals surface area contributed by atoms with Crippen LogP contribution in [-0.2, 0) is 11.2 Å². The van der Waals surface area contributed by atoms with Crippen molar-refractivity contribution in [2.24, 2.45) is 5.92 Å². The molecule has 0 unspecified atom stereocenters. The van der Waals surface area contributed by atoms with Crippen LogP contribution in [0.5, 0.6) is 0 Å². The van der Waals surface area contributed by atoms with E-state index >= 15 is 0 Å². The number of piperidine rings is 1. The van der Waals surface area contributed by atoms with Gasteiger partial charge >= 0.3 is 5.97 Å². The lowest BCUT2D eigenvalue weighted by atomic mass is 9.94. The molecule has 1 heterocycles. The zero-order valence-corrected chi connectivity index (χ0v) is 19.0. The Morgan fingerprint density at radius 1 is 0.970 bits per heavy atom. The third-order valence-corrected chi connectivity index (χ3v) is 6.06. The molecule has 1 aliphatic rings. The number of nitrogens with zero attached hydrogens (tertiary/aromatic N) is 1. The highest BCUT2D eigenvalue weighted by atomic mass is 16.4. The van der Waals surface area contributed by atoms with Crippen LogP contribution in [0.15, 0.2) is 54.6 Å². The number of hydrogen-bond donors (Lipinski definition) is 3. The van der Waals surface area contributed by atoms with Crippen molar-refractivity contribution in [3.05, 3.63) is 71.3 Å². The van der Waals surface area contributed by atoms with Gasteiger partial charge in [-0.3, -0.25) is 14.4 Å². The Bertz CT molecular complexity index is 926. The average Bonchev–Trinajstić information content (AvgIpc) is 2.85. The van der Waals surface area contributed by atoms with Crippen molar-refractivity contribution in [3.63, 3.8) is 0 Å². The number of hydrogen-bond acceptors (Lipinski definition) is 4. The molecule has 3 N–H and O–H groups in total. The molecule has 0 atom stereocenters. The maximum Gasteiger partial charge on any atom is 0.305 e. The highest BCUT2D eigenvalue weighted by Crippen LogP contribution is 2.18. The van der Waals surface area contributed by atoms with Crippen LogP contribution >= 0.6 is 0 Å². The molecule has 176 valence electrons. The molecule has 7 nitrogen and oxygen atoms in total. The largest absolute Gasteiger partial charge is 0.481 e. The van der Waals surface area contributed by atoms with E-state index in [4.69, 9.17) is 5.11 Å². The highest BCUT2D eigenvalue weighted by Gasteiger charge is 2.20. The molecule has 0 spiro atoms. The van der Waals surface area contributed by atoms with Crippen molar-refractivity contribution in [3.8, 4) is 0 Å². The Balaban J connectivity index is 1.67. The molecule has 0 aromatic heterocycles. The Labute approximate surface area is 195 Å². The Morgan fingerprint density at radius 3 is 2.42 bits per heavy atom. The third-order valence-electron chi connectivity index (χ3n) is 6.06. The summed E-state index contributed by atoms with van der Waals surface area (Å²) >= 11 is 0. The van der Waals surface area contributed by atoms with Gasteiger partial charge in [-0.25, -0.2) is 0 Å². The molecule has 7 heteroatoms. The van der Waals surface area contributed by atoms with E-state index in [9.17, 15) is 14.4 Å². The summed E-state index contributed by atoms with van der Waals surface area (Å²) in [6, 6.07) is 16.8. The van der Waals surface area contributed by atoms with Gasteiger partial charge in [0.1, 0.15) is 0 Å². The first-order valence-corrected chi connectivity index (χ1v) is 11.7. The standard InChI is InChI=1S/C26H33N3O4/c30-24(31)11-16-28-25(32)22-7-4-8-23(19-22)26(33)29(17-12-20-5-2-1-3-6-20)18-13-21-9-14-27-15-10-21/h1-8,19,21,27H,9-18H2,(H,28,32)(H,30,31). The fourth-order valence-electron chi connectivity index (χ4n) is 4.09. The van der Waals surface area contributed by atoms with Crippen molar-refractivity contribution in [2.45, 2.75) is 32.1 Å². The normalized spacial score (nSPS) is 13.9. The lowest BCUT2D eigenvalue weighted by molar-refractivity contribution is -0.136. The zero-order chi connectivity index (χ0) is 23.5. The second-order valence-electron chi connectivity index (χ2n) is 8.49. The number of rotatable bonds is 11. The molecule has 3 rings (SSSR count). The van der Waals surface area contributed by atoms with Gasteiger partial charge in [0, 0.05) is 30.8 Å². The number of nitrogens with one attached hydrogen (secondary N) is 2. The molecule has 0 bridgehead atoms. The van der Waals surface area contributed by atoms with Crippen LogP contribution in [0.1, 0.15) is 52.0 Å². The topological polar surface area (TPSA) is 98.7 Å². The van der Waals surface area contributed by atoms with Gasteiger partial charge in [0.15, 0.2) is 0 Å². The summed E-state index contributed by atoms with van der Waals surface area (Å²) in [4.78, 5) is 38.4. The predicted molar refractivity (Wildman–Crippen MR) is 127 cm³/mol. The zero-order valence-electron chi connectivity index (χ0n) is 19.0. The first kappa shape index (κ1) is 24.5. The molecule has 2 aromatic rings. The maximum atomic E-state index is 13.4. The van der Waals surface area contributed by atoms with E-state index in [-0.39, 0.29) is 24.8 Å². The van der Waals surface area contributed by atoms with Gasteiger partial charge < -0.3 is 20.6 Å². The Hall–Kier alpha value is -3.19. The molecule has 0 saturated carbocycles. The molecule has 1 fully saturated rings. The van der Waals surface area contributed by atoms with E-state index in [2.05, 4.69) is 22.8 Å². The molecule has 2 amide bonds. The highest BCUT2D eigenvalue weighted by molar-refractivity contribution is 5.99. The van der Waals surface area contributed by atoms with E-state index in [0.717, 1.165) is 38.8 Å². The fourth-order valence-corrected chi connectivity index (χ4v) is 4.09. The van der Waals surface area contributed by atoms with Crippen LogP contribution in [0.25, 0.3) is 0 Å². The SMILES string of the molecule is O=C(O)CCNC(=O)c1cccc(C(=O)N(CCc2ccccc2)CCC2CCNCC2)c1. The van der Waals surface area contributed by atoms with Gasteiger partial charge in [-0.2, -0.15) is 0 Å². The van der Waals surface area contributed by atoms with Crippen molar-refractivity contribution in [1.29, 1.82) is 0 Å². The lowest BCUT2D eigenvalue weighted by Gasteiger charge is -2.28. The lowest BCUT2D eigenvalue weighted by Crippen LogP contribution is -2.36. The number of aliphatic carboxylic acids is 1. The van der Waals surface area contributed by atoms with E-state index < -0.39 is 5.97 Å². The number of carbonyl (C=O) groups excluding carboxylic acids is 2. The second kappa shape index (κ2) is 12.7. The fraction of sp³-hybridized carbons (Fsp3) is 0.423. The Morgan fingerprint density at radius 2 is 1.70 bits per heavy atom. The van der Waals surface area contributed by atoms with E-state index in [0.29, 0.717) is 30.1 Å². The summed E-state index contributed by atoms with van der Waals surface area (Å²) < 4.78 is 0. The molecule has 1 aliphatic heterocycles. The van der Waals surface area contributed by atoms with Crippen LogP contribution < -0.4 is 10.6 Å². The number of carboxylic acids is 1. The number of amides is 2. The number of benzene rings is 2. The maximum absolute atomic E-state index is 13.4. The second-order valence-corrected chi connectivity index (χ2v) is 8.49. The van der Waals surface area contributed by atoms with Gasteiger partial charge in [0.05, 0.1) is 6.42 Å². The van der Waals surface area contributed by atoms with Gasteiger partial charge in [-0.15, -0.1) is 0 Å². The van der Waals surface area contributed by atoms with E-state index in [1.807, 2.05) is 23.1 Å². The van der Waals surface area contributed by atoms with Crippen LogP contribution in [0.3, 0.4) is 0 Å². The van der Waals surface area contributed by atoms with E-state index in [1.165, 1.54) is 5.56 Å². The number of carboxylic acid groups (broad SMARTS) is 1. The van der Waals surface area contributed by atoms with Crippen LogP contribution in [-0.4, -0.2) is 60.5 Å². The van der Waals surface area contributed by atoms with Gasteiger partial charge in [0.2, 0.25) is 0 Å². The van der Waals surface area contributed by atoms with Gasteiger partial charge in [-0.05, 0) is 68.5 Å².